The van der Waals surface area contributed by atoms with E-state index in [2.05, 4.69) is 90.1 Å². The van der Waals surface area contributed by atoms with E-state index in [1.165, 1.54) is 47.2 Å². The highest BCUT2D eigenvalue weighted by molar-refractivity contribution is 5.74. The summed E-state index contributed by atoms with van der Waals surface area (Å²) in [6.07, 6.45) is 20.7. The van der Waals surface area contributed by atoms with Gasteiger partial charge in [0.05, 0.1) is 12.1 Å². The Labute approximate surface area is 224 Å². The van der Waals surface area contributed by atoms with E-state index >= 15 is 0 Å². The summed E-state index contributed by atoms with van der Waals surface area (Å²) >= 11 is 0. The van der Waals surface area contributed by atoms with Crippen LogP contribution in [-0.2, 0) is 5.41 Å². The van der Waals surface area contributed by atoms with Gasteiger partial charge in [0.25, 0.3) is 0 Å². The van der Waals surface area contributed by atoms with Gasteiger partial charge in [-0.2, -0.15) is 10.5 Å². The molecule has 0 spiro atoms. The minimum atomic E-state index is 0. The van der Waals surface area contributed by atoms with Crippen molar-refractivity contribution in [3.05, 3.63) is 47.1 Å². The average molecular weight is 492 g/mol. The lowest BCUT2D eigenvalue weighted by atomic mass is 9.78. The zero-order chi connectivity index (χ0) is 28.6. The summed E-state index contributed by atoms with van der Waals surface area (Å²) in [7, 11) is 0. The SMILES string of the molecule is C#C.C/C=C\C/C=C(\CCCC)c1cc2c(c(C(C)(C)CC)c1)NCC2C.CC.CC.N#CCC#N. The molecule has 0 saturated carbocycles. The topological polar surface area (TPSA) is 59.6 Å². The first kappa shape index (κ1) is 37.6. The lowest BCUT2D eigenvalue weighted by molar-refractivity contribution is 0.507. The first-order valence-electron chi connectivity index (χ1n) is 13.7. The fourth-order valence-electron chi connectivity index (χ4n) is 3.64. The molecule has 3 nitrogen and oxygen atoms in total. The molecule has 1 aromatic carbocycles. The van der Waals surface area contributed by atoms with Crippen molar-refractivity contribution in [2.45, 2.75) is 119 Å². The van der Waals surface area contributed by atoms with E-state index in [4.69, 9.17) is 10.5 Å². The predicted octanol–water partition coefficient (Wildman–Crippen LogP) is 10.2. The summed E-state index contributed by atoms with van der Waals surface area (Å²) in [4.78, 5) is 0. The molecule has 1 unspecified atom stereocenters. The normalized spacial score (nSPS) is 13.4. The number of nitrogens with one attached hydrogen (secondary N) is 1. The monoisotopic (exact) mass is 491 g/mol. The summed E-state index contributed by atoms with van der Waals surface area (Å²) in [5.74, 6) is 0.601. The molecular weight excluding hydrogens is 438 g/mol. The van der Waals surface area contributed by atoms with Crippen molar-refractivity contribution >= 4 is 11.3 Å². The predicted molar refractivity (Wildman–Crippen MR) is 162 cm³/mol. The Bertz CT molecular complexity index is 845. The molecule has 1 aliphatic rings. The van der Waals surface area contributed by atoms with E-state index < -0.39 is 0 Å². The van der Waals surface area contributed by atoms with Gasteiger partial charge in [-0.15, -0.1) is 12.8 Å². The molecular formula is C33H53N3. The number of fused-ring (bicyclic) bond motifs is 1. The van der Waals surface area contributed by atoms with E-state index in [1.54, 1.807) is 12.1 Å². The van der Waals surface area contributed by atoms with Gasteiger partial charge in [0, 0.05) is 18.2 Å². The first-order chi connectivity index (χ1) is 17.4. The number of hydrogen-bond acceptors (Lipinski definition) is 3. The standard InChI is InChI=1S/C24H37N.C3H2N2.2C2H6.C2H2/c1-7-10-12-14-19(13-11-8-2)20-15-21-18(4)17-25-23(21)22(16-20)24(5,6)9-3;4-2-1-3-5;3*1-2/h7,10,14-16,18,25H,8-9,11-13,17H2,1-6H3;1H2;2*1-2H3;1-2H/b10-7-,19-14+;;;;. The Hall–Kier alpha value is -2.96. The van der Waals surface area contributed by atoms with Crippen LogP contribution in [-0.4, -0.2) is 6.54 Å². The average Bonchev–Trinajstić information content (AvgIpc) is 3.30. The van der Waals surface area contributed by atoms with Crippen molar-refractivity contribution in [1.82, 2.24) is 0 Å². The Balaban J connectivity index is -0.000000852. The zero-order valence-electron chi connectivity index (χ0n) is 25.0. The van der Waals surface area contributed by atoms with Crippen LogP contribution in [0.25, 0.3) is 5.57 Å². The van der Waals surface area contributed by atoms with Crippen LogP contribution in [0, 0.1) is 35.5 Å². The van der Waals surface area contributed by atoms with Crippen LogP contribution in [0.5, 0.6) is 0 Å². The van der Waals surface area contributed by atoms with Gasteiger partial charge in [-0.1, -0.05) is 87.0 Å². The number of allylic oxidation sites excluding steroid dienone is 4. The molecule has 2 rings (SSSR count). The highest BCUT2D eigenvalue weighted by Gasteiger charge is 2.29. The number of nitrogens with zero attached hydrogens (tertiary/aromatic N) is 2. The maximum atomic E-state index is 7.59. The molecule has 3 heteroatoms. The molecule has 0 radical (unpaired) electrons. The van der Waals surface area contributed by atoms with Crippen molar-refractivity contribution in [3.8, 4) is 25.0 Å². The summed E-state index contributed by atoms with van der Waals surface area (Å²) in [5, 5.41) is 18.9. The maximum absolute atomic E-state index is 7.59. The Morgan fingerprint density at radius 1 is 1.11 bits per heavy atom. The van der Waals surface area contributed by atoms with E-state index in [0.717, 1.165) is 19.4 Å². The fourth-order valence-corrected chi connectivity index (χ4v) is 3.64. The molecule has 0 aromatic heterocycles. The smallest absolute Gasteiger partial charge is 0.122 e. The lowest BCUT2D eigenvalue weighted by Crippen LogP contribution is -2.18. The number of anilines is 1. The molecule has 36 heavy (non-hydrogen) atoms. The van der Waals surface area contributed by atoms with Crippen LogP contribution in [0.15, 0.2) is 30.4 Å². The van der Waals surface area contributed by atoms with Gasteiger partial charge < -0.3 is 5.32 Å². The van der Waals surface area contributed by atoms with Crippen LogP contribution in [0.4, 0.5) is 5.69 Å². The van der Waals surface area contributed by atoms with Crippen LogP contribution in [0.1, 0.15) is 130 Å². The number of rotatable bonds is 8. The summed E-state index contributed by atoms with van der Waals surface area (Å²) in [6.45, 7) is 22.9. The third kappa shape index (κ3) is 13.2. The zero-order valence-corrected chi connectivity index (χ0v) is 25.0. The molecule has 0 saturated heterocycles. The van der Waals surface area contributed by atoms with E-state index in [1.807, 2.05) is 27.7 Å². The van der Waals surface area contributed by atoms with E-state index in [-0.39, 0.29) is 11.8 Å². The summed E-state index contributed by atoms with van der Waals surface area (Å²) in [5.41, 5.74) is 7.60. The van der Waals surface area contributed by atoms with Gasteiger partial charge in [-0.05, 0) is 72.4 Å². The quantitative estimate of drug-likeness (QED) is 0.290. The van der Waals surface area contributed by atoms with Crippen molar-refractivity contribution in [2.24, 2.45) is 0 Å². The number of benzene rings is 1. The molecule has 1 N–H and O–H groups in total. The lowest BCUT2D eigenvalue weighted by Gasteiger charge is -2.28. The number of hydrogen-bond donors (Lipinski definition) is 1. The van der Waals surface area contributed by atoms with Gasteiger partial charge in [0.2, 0.25) is 0 Å². The van der Waals surface area contributed by atoms with Gasteiger partial charge in [0.1, 0.15) is 6.42 Å². The van der Waals surface area contributed by atoms with Crippen molar-refractivity contribution < 1.29 is 0 Å². The summed E-state index contributed by atoms with van der Waals surface area (Å²) < 4.78 is 0. The van der Waals surface area contributed by atoms with Crippen LogP contribution in [0.3, 0.4) is 0 Å². The molecule has 0 fully saturated rings. The molecule has 0 bridgehead atoms. The highest BCUT2D eigenvalue weighted by atomic mass is 14.9. The summed E-state index contributed by atoms with van der Waals surface area (Å²) in [6, 6.07) is 8.25. The van der Waals surface area contributed by atoms with Gasteiger partial charge in [-0.3, -0.25) is 0 Å². The van der Waals surface area contributed by atoms with Gasteiger partial charge in [-0.25, -0.2) is 0 Å². The second kappa shape index (κ2) is 23.8. The molecule has 1 aromatic rings. The molecule has 200 valence electrons. The molecule has 0 amide bonds. The molecule has 1 heterocycles. The van der Waals surface area contributed by atoms with Crippen LogP contribution in [0.2, 0.25) is 0 Å². The third-order valence-corrected chi connectivity index (χ3v) is 5.96. The second-order valence-electron chi connectivity index (χ2n) is 8.64. The Kier molecular flexibility index (Phi) is 24.8. The highest BCUT2D eigenvalue weighted by Crippen LogP contribution is 2.43. The van der Waals surface area contributed by atoms with Crippen molar-refractivity contribution in [1.29, 1.82) is 10.5 Å². The molecule has 1 aliphatic heterocycles. The van der Waals surface area contributed by atoms with E-state index in [9.17, 15) is 0 Å². The Morgan fingerprint density at radius 3 is 2.14 bits per heavy atom. The first-order valence-corrected chi connectivity index (χ1v) is 13.7. The fraction of sp³-hybridized carbons (Fsp3) is 0.576. The second-order valence-corrected chi connectivity index (χ2v) is 8.64. The minimum absolute atomic E-state index is 0. The van der Waals surface area contributed by atoms with Gasteiger partial charge in [0.15, 0.2) is 0 Å². The maximum Gasteiger partial charge on any atom is 0.122 e. The van der Waals surface area contributed by atoms with E-state index in [0.29, 0.717) is 5.92 Å². The van der Waals surface area contributed by atoms with Crippen molar-refractivity contribution in [2.75, 3.05) is 11.9 Å². The van der Waals surface area contributed by atoms with Gasteiger partial charge >= 0.3 is 0 Å². The Morgan fingerprint density at radius 2 is 1.69 bits per heavy atom. The largest absolute Gasteiger partial charge is 0.384 e. The number of nitriles is 2. The van der Waals surface area contributed by atoms with Crippen LogP contribution < -0.4 is 5.32 Å². The van der Waals surface area contributed by atoms with Crippen molar-refractivity contribution in [3.63, 3.8) is 0 Å². The van der Waals surface area contributed by atoms with Crippen LogP contribution >= 0.6 is 0 Å². The third-order valence-electron chi connectivity index (χ3n) is 5.96. The minimum Gasteiger partial charge on any atom is -0.384 e. The number of terminal acetylenes is 1. The molecule has 0 aliphatic carbocycles. The number of unbranched alkanes of at least 4 members (excludes halogenated alkanes) is 1. The molecule has 1 atom stereocenters.